The van der Waals surface area contributed by atoms with E-state index in [-0.39, 0.29) is 0 Å². The first-order valence-corrected chi connectivity index (χ1v) is 5.17. The van der Waals surface area contributed by atoms with Crippen molar-refractivity contribution in [2.45, 2.75) is 53.9 Å². The van der Waals surface area contributed by atoms with Gasteiger partial charge in [-0.05, 0) is 36.0 Å². The molecule has 0 aromatic rings. The van der Waals surface area contributed by atoms with Gasteiger partial charge in [-0.1, -0.05) is 41.0 Å². The zero-order chi connectivity index (χ0) is 9.41. The van der Waals surface area contributed by atoms with Gasteiger partial charge in [0.2, 0.25) is 0 Å². The normalized spacial score (nSPS) is 33.2. The van der Waals surface area contributed by atoms with Crippen LogP contribution in [0, 0.1) is 23.2 Å². The molecule has 0 aliphatic heterocycles. The lowest BCUT2D eigenvalue weighted by molar-refractivity contribution is 0.0285. The Morgan fingerprint density at radius 1 is 1.25 bits per heavy atom. The molecule has 1 atom stereocenters. The van der Waals surface area contributed by atoms with Gasteiger partial charge in [-0.15, -0.1) is 0 Å². The van der Waals surface area contributed by atoms with Crippen LogP contribution < -0.4 is 0 Å². The van der Waals surface area contributed by atoms with Gasteiger partial charge in [-0.3, -0.25) is 0 Å². The largest absolute Gasteiger partial charge is 0.0651 e. The molecule has 0 amide bonds. The maximum absolute atomic E-state index is 3.61. The van der Waals surface area contributed by atoms with E-state index in [2.05, 4.69) is 41.0 Å². The Bertz CT molecular complexity index is 153. The van der Waals surface area contributed by atoms with Crippen LogP contribution in [0.25, 0.3) is 0 Å². The molecule has 1 aliphatic rings. The molecule has 0 heteroatoms. The van der Waals surface area contributed by atoms with Crippen molar-refractivity contribution in [1.82, 2.24) is 0 Å². The fraction of sp³-hybridized carbons (Fsp3) is 0.917. The summed E-state index contributed by atoms with van der Waals surface area (Å²) >= 11 is 0. The summed E-state index contributed by atoms with van der Waals surface area (Å²) in [6.45, 7) is 11.8. The second-order valence-electron chi connectivity index (χ2n) is 5.17. The van der Waals surface area contributed by atoms with Crippen LogP contribution in [0.1, 0.15) is 53.9 Å². The van der Waals surface area contributed by atoms with Crippen LogP contribution in [0.4, 0.5) is 0 Å². The van der Waals surface area contributed by atoms with Crippen LogP contribution in [0.3, 0.4) is 0 Å². The zero-order valence-electron chi connectivity index (χ0n) is 9.20. The molecule has 0 aromatic carbocycles. The average molecular weight is 166 g/mol. The molecule has 2 radical (unpaired) electrons. The van der Waals surface area contributed by atoms with E-state index >= 15 is 0 Å². The van der Waals surface area contributed by atoms with Gasteiger partial charge in [-0.2, -0.15) is 0 Å². The van der Waals surface area contributed by atoms with Crippen LogP contribution in [0.15, 0.2) is 0 Å². The fourth-order valence-electron chi connectivity index (χ4n) is 2.37. The molecule has 1 unspecified atom stereocenters. The fourth-order valence-corrected chi connectivity index (χ4v) is 2.37. The van der Waals surface area contributed by atoms with E-state index in [9.17, 15) is 0 Å². The second kappa shape index (κ2) is 3.05. The van der Waals surface area contributed by atoms with Gasteiger partial charge >= 0.3 is 0 Å². The molecule has 1 aliphatic carbocycles. The molecule has 0 spiro atoms. The lowest BCUT2D eigenvalue weighted by atomic mass is 9.54. The minimum absolute atomic E-state index is 0.298. The number of hydrogen-bond acceptors (Lipinski definition) is 0. The average Bonchev–Trinajstić information content (AvgIpc) is 1.95. The predicted molar refractivity (Wildman–Crippen MR) is 53.8 cm³/mol. The van der Waals surface area contributed by atoms with E-state index in [1.807, 2.05) is 0 Å². The molecule has 0 nitrogen and oxygen atoms in total. The minimum atomic E-state index is 0.298. The van der Waals surface area contributed by atoms with Gasteiger partial charge in [0.25, 0.3) is 0 Å². The van der Waals surface area contributed by atoms with Crippen molar-refractivity contribution in [3.63, 3.8) is 0 Å². The molecule has 1 saturated carbocycles. The van der Waals surface area contributed by atoms with Gasteiger partial charge < -0.3 is 0 Å². The molecule has 0 aromatic heterocycles. The molecule has 1 rings (SSSR count). The maximum Gasteiger partial charge on any atom is -0.0106 e. The van der Waals surface area contributed by atoms with Crippen molar-refractivity contribution in [2.24, 2.45) is 16.7 Å². The highest BCUT2D eigenvalue weighted by Crippen LogP contribution is 2.53. The molecule has 70 valence electrons. The third-order valence-electron chi connectivity index (χ3n) is 4.18. The van der Waals surface area contributed by atoms with Crippen LogP contribution in [-0.4, -0.2) is 0 Å². The highest BCUT2D eigenvalue weighted by molar-refractivity contribution is 5.03. The van der Waals surface area contributed by atoms with Crippen molar-refractivity contribution in [3.05, 3.63) is 6.42 Å². The maximum atomic E-state index is 3.61. The Labute approximate surface area is 77.7 Å². The Kier molecular flexibility index (Phi) is 2.56. The summed E-state index contributed by atoms with van der Waals surface area (Å²) in [4.78, 5) is 0. The lowest BCUT2D eigenvalue weighted by Gasteiger charge is -2.50. The molecular formula is C12H22. The van der Waals surface area contributed by atoms with Crippen molar-refractivity contribution < 1.29 is 0 Å². The summed E-state index contributed by atoms with van der Waals surface area (Å²) in [5.41, 5.74) is 0.728. The standard InChI is InChI=1S/C12H22/c1-6-10-8-7-9-11(2,3)12(10,4)5/h10H,6-8H2,1-5H3. The monoisotopic (exact) mass is 166 g/mol. The van der Waals surface area contributed by atoms with Gasteiger partial charge in [-0.25, -0.2) is 0 Å². The quantitative estimate of drug-likeness (QED) is 0.553. The van der Waals surface area contributed by atoms with Crippen LogP contribution >= 0.6 is 0 Å². The summed E-state index contributed by atoms with van der Waals surface area (Å²) in [5, 5.41) is 0. The SMILES string of the molecule is CCC1CC[C]C(C)(C)C1(C)C. The van der Waals surface area contributed by atoms with Crippen LogP contribution in [0.2, 0.25) is 0 Å². The van der Waals surface area contributed by atoms with Gasteiger partial charge in [0, 0.05) is 0 Å². The summed E-state index contributed by atoms with van der Waals surface area (Å²) in [5.74, 6) is 0.883. The highest BCUT2D eigenvalue weighted by atomic mass is 14.5. The van der Waals surface area contributed by atoms with Gasteiger partial charge in [0.05, 0.1) is 0 Å². The van der Waals surface area contributed by atoms with Crippen molar-refractivity contribution in [2.75, 3.05) is 0 Å². The minimum Gasteiger partial charge on any atom is -0.0651 e. The van der Waals surface area contributed by atoms with Crippen molar-refractivity contribution in [3.8, 4) is 0 Å². The first kappa shape index (κ1) is 10.1. The number of hydrogen-bond donors (Lipinski definition) is 0. The topological polar surface area (TPSA) is 0 Å². The Morgan fingerprint density at radius 3 is 2.25 bits per heavy atom. The first-order valence-electron chi connectivity index (χ1n) is 5.17. The van der Waals surface area contributed by atoms with Crippen LogP contribution in [0.5, 0.6) is 0 Å². The molecule has 12 heavy (non-hydrogen) atoms. The van der Waals surface area contributed by atoms with Gasteiger partial charge in [0.15, 0.2) is 0 Å². The molecule has 0 heterocycles. The predicted octanol–water partition coefficient (Wildman–Crippen LogP) is 3.94. The Morgan fingerprint density at radius 2 is 1.83 bits per heavy atom. The first-order chi connectivity index (χ1) is 5.42. The third-order valence-corrected chi connectivity index (χ3v) is 4.18. The summed E-state index contributed by atoms with van der Waals surface area (Å²) in [7, 11) is 0. The van der Waals surface area contributed by atoms with E-state index in [0.717, 1.165) is 5.92 Å². The van der Waals surface area contributed by atoms with Crippen LogP contribution in [-0.2, 0) is 0 Å². The molecular weight excluding hydrogens is 144 g/mol. The van der Waals surface area contributed by atoms with Gasteiger partial charge in [0.1, 0.15) is 0 Å². The van der Waals surface area contributed by atoms with E-state index in [1.54, 1.807) is 0 Å². The van der Waals surface area contributed by atoms with E-state index < -0.39 is 0 Å². The Hall–Kier alpha value is 0. The molecule has 0 saturated heterocycles. The molecule has 1 fully saturated rings. The van der Waals surface area contributed by atoms with E-state index in [0.29, 0.717) is 10.8 Å². The summed E-state index contributed by atoms with van der Waals surface area (Å²) in [6, 6.07) is 0. The zero-order valence-corrected chi connectivity index (χ0v) is 9.20. The summed E-state index contributed by atoms with van der Waals surface area (Å²) in [6.07, 6.45) is 7.46. The highest BCUT2D eigenvalue weighted by Gasteiger charge is 2.44. The van der Waals surface area contributed by atoms with E-state index in [4.69, 9.17) is 0 Å². The van der Waals surface area contributed by atoms with E-state index in [1.165, 1.54) is 19.3 Å². The smallest absolute Gasteiger partial charge is 0.0106 e. The lowest BCUT2D eigenvalue weighted by Crippen LogP contribution is -2.42. The second-order valence-corrected chi connectivity index (χ2v) is 5.17. The summed E-state index contributed by atoms with van der Waals surface area (Å²) < 4.78 is 0. The Balaban J connectivity index is 2.82. The number of rotatable bonds is 1. The third kappa shape index (κ3) is 1.41. The van der Waals surface area contributed by atoms with Crippen molar-refractivity contribution >= 4 is 0 Å². The molecule has 0 N–H and O–H groups in total. The van der Waals surface area contributed by atoms with Crippen molar-refractivity contribution in [1.29, 1.82) is 0 Å². The molecule has 0 bridgehead atoms.